The lowest BCUT2D eigenvalue weighted by molar-refractivity contribution is -0.122. The molecule has 144 valence electrons. The Labute approximate surface area is 160 Å². The van der Waals surface area contributed by atoms with Gasteiger partial charge in [0.15, 0.2) is 11.5 Å². The highest BCUT2D eigenvalue weighted by Crippen LogP contribution is 2.35. The average molecular weight is 381 g/mol. The molecule has 1 atom stereocenters. The molecule has 8 heteroatoms. The summed E-state index contributed by atoms with van der Waals surface area (Å²) in [6.07, 6.45) is 1.58. The topological polar surface area (TPSA) is 91.7 Å². The fourth-order valence-corrected chi connectivity index (χ4v) is 2.93. The van der Waals surface area contributed by atoms with Gasteiger partial charge in [0.05, 0.1) is 17.6 Å². The van der Waals surface area contributed by atoms with Crippen LogP contribution in [0.2, 0.25) is 0 Å². The molecule has 0 saturated heterocycles. The average Bonchev–Trinajstić information content (AvgIpc) is 3.16. The Kier molecular flexibility index (Phi) is 4.84. The number of carbonyl (C=O) groups excluding carboxylic acids is 1. The molecule has 1 amide bonds. The molecule has 0 aliphatic carbocycles. The number of fused-ring (bicyclic) bond motifs is 2. The molecule has 2 aromatic carbocycles. The van der Waals surface area contributed by atoms with Crippen LogP contribution in [-0.4, -0.2) is 35.1 Å². The smallest absolute Gasteiger partial charge is 0.275 e. The Bertz CT molecular complexity index is 1080. The molecule has 1 N–H and O–H groups in total. The highest BCUT2D eigenvalue weighted by molar-refractivity contribution is 5.81. The second-order valence-electron chi connectivity index (χ2n) is 6.49. The first-order valence-electron chi connectivity index (χ1n) is 8.87. The SMILES string of the molecule is C[C@H](COc1ccc2c(c1)OCO2)NC(=O)Cn1ncc2ccccc2c1=O. The number of rotatable bonds is 6. The van der Waals surface area contributed by atoms with Crippen LogP contribution in [-0.2, 0) is 11.3 Å². The van der Waals surface area contributed by atoms with E-state index in [0.29, 0.717) is 22.6 Å². The van der Waals surface area contributed by atoms with E-state index in [1.54, 1.807) is 36.5 Å². The van der Waals surface area contributed by atoms with Crippen molar-refractivity contribution in [1.82, 2.24) is 15.1 Å². The number of hydrogen-bond acceptors (Lipinski definition) is 6. The zero-order chi connectivity index (χ0) is 19.5. The van der Waals surface area contributed by atoms with Gasteiger partial charge >= 0.3 is 0 Å². The molecule has 4 rings (SSSR count). The van der Waals surface area contributed by atoms with E-state index >= 15 is 0 Å². The van der Waals surface area contributed by atoms with Gasteiger partial charge in [-0.25, -0.2) is 4.68 Å². The first kappa shape index (κ1) is 17.8. The molecular weight excluding hydrogens is 362 g/mol. The molecule has 0 spiro atoms. The maximum Gasteiger partial charge on any atom is 0.275 e. The zero-order valence-corrected chi connectivity index (χ0v) is 15.3. The summed E-state index contributed by atoms with van der Waals surface area (Å²) in [4.78, 5) is 24.7. The number of ether oxygens (including phenoxy) is 3. The van der Waals surface area contributed by atoms with Crippen molar-refractivity contribution in [3.8, 4) is 17.2 Å². The molecule has 2 heterocycles. The van der Waals surface area contributed by atoms with Gasteiger partial charge < -0.3 is 19.5 Å². The van der Waals surface area contributed by atoms with Gasteiger partial charge in [-0.05, 0) is 25.1 Å². The van der Waals surface area contributed by atoms with E-state index < -0.39 is 0 Å². The van der Waals surface area contributed by atoms with E-state index in [4.69, 9.17) is 14.2 Å². The molecule has 1 aliphatic heterocycles. The molecule has 0 fully saturated rings. The summed E-state index contributed by atoms with van der Waals surface area (Å²) in [6.45, 7) is 2.14. The predicted octanol–water partition coefficient (Wildman–Crippen LogP) is 1.71. The van der Waals surface area contributed by atoms with E-state index in [2.05, 4.69) is 10.4 Å². The summed E-state index contributed by atoms with van der Waals surface area (Å²) >= 11 is 0. The number of hydrogen-bond donors (Lipinski definition) is 1. The van der Waals surface area contributed by atoms with Gasteiger partial charge in [-0.15, -0.1) is 0 Å². The molecule has 0 radical (unpaired) electrons. The standard InChI is InChI=1S/C20H19N3O5/c1-13(11-26-15-6-7-17-18(8-15)28-12-27-17)22-19(24)10-23-20(25)16-5-3-2-4-14(16)9-21-23/h2-9,13H,10-12H2,1H3,(H,22,24)/t13-/m1/s1. The van der Waals surface area contributed by atoms with Crippen LogP contribution in [0, 0.1) is 0 Å². The van der Waals surface area contributed by atoms with Gasteiger partial charge in [0, 0.05) is 11.5 Å². The van der Waals surface area contributed by atoms with Gasteiger partial charge in [0.1, 0.15) is 18.9 Å². The molecule has 1 aromatic heterocycles. The summed E-state index contributed by atoms with van der Waals surface area (Å²) in [5.74, 6) is 1.63. The van der Waals surface area contributed by atoms with Crippen molar-refractivity contribution in [1.29, 1.82) is 0 Å². The second-order valence-corrected chi connectivity index (χ2v) is 6.49. The van der Waals surface area contributed by atoms with Crippen LogP contribution in [0.1, 0.15) is 6.92 Å². The number of amides is 1. The minimum Gasteiger partial charge on any atom is -0.491 e. The van der Waals surface area contributed by atoms with E-state index in [1.807, 2.05) is 19.1 Å². The summed E-state index contributed by atoms with van der Waals surface area (Å²) in [6, 6.07) is 12.2. The minimum absolute atomic E-state index is 0.155. The second kappa shape index (κ2) is 7.59. The molecule has 0 bridgehead atoms. The Morgan fingerprint density at radius 1 is 1.25 bits per heavy atom. The monoisotopic (exact) mass is 381 g/mol. The van der Waals surface area contributed by atoms with Crippen LogP contribution in [0.15, 0.2) is 53.5 Å². The van der Waals surface area contributed by atoms with Crippen LogP contribution in [0.5, 0.6) is 17.2 Å². The van der Waals surface area contributed by atoms with Crippen molar-refractivity contribution >= 4 is 16.7 Å². The van der Waals surface area contributed by atoms with Crippen LogP contribution in [0.3, 0.4) is 0 Å². The van der Waals surface area contributed by atoms with E-state index in [0.717, 1.165) is 10.1 Å². The van der Waals surface area contributed by atoms with Crippen molar-refractivity contribution in [2.24, 2.45) is 0 Å². The van der Waals surface area contributed by atoms with E-state index in [9.17, 15) is 9.59 Å². The molecule has 28 heavy (non-hydrogen) atoms. The molecule has 8 nitrogen and oxygen atoms in total. The highest BCUT2D eigenvalue weighted by Gasteiger charge is 2.15. The molecule has 1 aliphatic rings. The number of aromatic nitrogens is 2. The first-order chi connectivity index (χ1) is 13.6. The Balaban J connectivity index is 1.33. The summed E-state index contributed by atoms with van der Waals surface area (Å²) < 4.78 is 17.4. The fraction of sp³-hybridized carbons (Fsp3) is 0.250. The maximum absolute atomic E-state index is 12.4. The van der Waals surface area contributed by atoms with Crippen LogP contribution in [0.4, 0.5) is 0 Å². The lowest BCUT2D eigenvalue weighted by atomic mass is 10.2. The fourth-order valence-electron chi connectivity index (χ4n) is 2.93. The van der Waals surface area contributed by atoms with Crippen molar-refractivity contribution in [3.63, 3.8) is 0 Å². The lowest BCUT2D eigenvalue weighted by Gasteiger charge is -2.15. The minimum atomic E-state index is -0.313. The Hall–Kier alpha value is -3.55. The highest BCUT2D eigenvalue weighted by atomic mass is 16.7. The lowest BCUT2D eigenvalue weighted by Crippen LogP contribution is -2.40. The maximum atomic E-state index is 12.4. The Morgan fingerprint density at radius 2 is 2.07 bits per heavy atom. The van der Waals surface area contributed by atoms with Crippen molar-refractivity contribution in [2.75, 3.05) is 13.4 Å². The van der Waals surface area contributed by atoms with Gasteiger partial charge in [-0.2, -0.15) is 5.10 Å². The number of nitrogens with zero attached hydrogens (tertiary/aromatic N) is 2. The third-order valence-corrected chi connectivity index (χ3v) is 4.31. The van der Waals surface area contributed by atoms with E-state index in [1.165, 1.54) is 0 Å². The normalized spacial score (nSPS) is 13.3. The number of benzene rings is 2. The van der Waals surface area contributed by atoms with Gasteiger partial charge in [0.2, 0.25) is 12.7 Å². The Morgan fingerprint density at radius 3 is 2.96 bits per heavy atom. The van der Waals surface area contributed by atoms with Gasteiger partial charge in [0.25, 0.3) is 5.56 Å². The summed E-state index contributed by atoms with van der Waals surface area (Å²) in [5, 5.41) is 8.15. The molecule has 0 unspecified atom stereocenters. The van der Waals surface area contributed by atoms with Gasteiger partial charge in [-0.3, -0.25) is 9.59 Å². The molecule has 3 aromatic rings. The van der Waals surface area contributed by atoms with Crippen molar-refractivity contribution in [2.45, 2.75) is 19.5 Å². The number of carbonyl (C=O) groups is 1. The first-order valence-corrected chi connectivity index (χ1v) is 8.87. The quantitative estimate of drug-likeness (QED) is 0.699. The third kappa shape index (κ3) is 3.75. The number of nitrogens with one attached hydrogen (secondary N) is 1. The zero-order valence-electron chi connectivity index (χ0n) is 15.3. The van der Waals surface area contributed by atoms with Gasteiger partial charge in [-0.1, -0.05) is 18.2 Å². The summed E-state index contributed by atoms with van der Waals surface area (Å²) in [5.41, 5.74) is -0.294. The summed E-state index contributed by atoms with van der Waals surface area (Å²) in [7, 11) is 0. The largest absolute Gasteiger partial charge is 0.491 e. The molecular formula is C20H19N3O5. The predicted molar refractivity (Wildman–Crippen MR) is 102 cm³/mol. The van der Waals surface area contributed by atoms with Crippen LogP contribution < -0.4 is 25.1 Å². The molecule has 0 saturated carbocycles. The van der Waals surface area contributed by atoms with Crippen LogP contribution >= 0.6 is 0 Å². The van der Waals surface area contributed by atoms with Crippen molar-refractivity contribution in [3.05, 3.63) is 59.0 Å². The van der Waals surface area contributed by atoms with Crippen LogP contribution in [0.25, 0.3) is 10.8 Å². The van der Waals surface area contributed by atoms with Crippen molar-refractivity contribution < 1.29 is 19.0 Å². The van der Waals surface area contributed by atoms with E-state index in [-0.39, 0.29) is 37.5 Å². The third-order valence-electron chi connectivity index (χ3n) is 4.31.